The molecule has 1 amide bonds. The fourth-order valence-electron chi connectivity index (χ4n) is 3.77. The van der Waals surface area contributed by atoms with Gasteiger partial charge in [-0.1, -0.05) is 72.4 Å². The minimum Gasteiger partial charge on any atom is -0.409 e. The number of carbonyl (C=O) groups is 1. The summed E-state index contributed by atoms with van der Waals surface area (Å²) in [5, 5.41) is 14.6. The average molecular weight is 498 g/mol. The Hall–Kier alpha value is -4.24. The lowest BCUT2D eigenvalue weighted by molar-refractivity contribution is 0.0827. The first-order chi connectivity index (χ1) is 17.5. The zero-order chi connectivity index (χ0) is 25.1. The molecule has 0 saturated heterocycles. The molecule has 0 aliphatic rings. The maximum Gasteiger partial charge on any atom is 0.277 e. The molecule has 5 aromatic rings. The molecule has 2 aromatic heterocycles. The summed E-state index contributed by atoms with van der Waals surface area (Å²) in [5.41, 5.74) is 2.91. The smallest absolute Gasteiger partial charge is 0.277 e. The van der Waals surface area contributed by atoms with E-state index in [9.17, 15) is 9.59 Å². The molecule has 0 aliphatic carbocycles. The van der Waals surface area contributed by atoms with Crippen LogP contribution in [0.2, 0.25) is 0 Å². The number of hydrogen-bond acceptors (Lipinski definition) is 7. The molecule has 0 bridgehead atoms. The molecule has 0 spiro atoms. The van der Waals surface area contributed by atoms with E-state index in [0.717, 1.165) is 11.1 Å². The topological polar surface area (TPSA) is 94.1 Å². The summed E-state index contributed by atoms with van der Waals surface area (Å²) in [6, 6.07) is 24.4. The van der Waals surface area contributed by atoms with Crippen LogP contribution < -0.4 is 5.56 Å². The molecule has 9 heteroatoms. The summed E-state index contributed by atoms with van der Waals surface area (Å²) in [6.07, 6.45) is 0. The molecular weight excluding hydrogens is 474 g/mol. The summed E-state index contributed by atoms with van der Waals surface area (Å²) < 4.78 is 7.37. The Bertz CT molecular complexity index is 1580. The van der Waals surface area contributed by atoms with Crippen LogP contribution in [-0.4, -0.2) is 44.9 Å². The first kappa shape index (κ1) is 23.5. The van der Waals surface area contributed by atoms with Crippen LogP contribution >= 0.6 is 11.8 Å². The van der Waals surface area contributed by atoms with Crippen LogP contribution in [0.4, 0.5) is 0 Å². The van der Waals surface area contributed by atoms with E-state index < -0.39 is 0 Å². The lowest BCUT2D eigenvalue weighted by atomic mass is 10.1. The quantitative estimate of drug-likeness (QED) is 0.306. The zero-order valence-electron chi connectivity index (χ0n) is 19.8. The van der Waals surface area contributed by atoms with Gasteiger partial charge in [0.15, 0.2) is 5.69 Å². The Morgan fingerprint density at radius 2 is 1.58 bits per heavy atom. The van der Waals surface area contributed by atoms with Gasteiger partial charge >= 0.3 is 0 Å². The van der Waals surface area contributed by atoms with E-state index in [-0.39, 0.29) is 17.4 Å². The number of amides is 1. The lowest BCUT2D eigenvalue weighted by Crippen LogP contribution is -2.24. The van der Waals surface area contributed by atoms with Crippen molar-refractivity contribution < 1.29 is 9.21 Å². The van der Waals surface area contributed by atoms with Gasteiger partial charge in [0, 0.05) is 30.8 Å². The Balaban J connectivity index is 1.40. The van der Waals surface area contributed by atoms with Gasteiger partial charge in [0.1, 0.15) is 0 Å². The van der Waals surface area contributed by atoms with Gasteiger partial charge in [-0.25, -0.2) is 4.68 Å². The van der Waals surface area contributed by atoms with Gasteiger partial charge in [0.05, 0.1) is 11.9 Å². The first-order valence-electron chi connectivity index (χ1n) is 11.3. The van der Waals surface area contributed by atoms with Crippen LogP contribution in [0.3, 0.4) is 0 Å². The fourth-order valence-corrected chi connectivity index (χ4v) is 4.49. The third-order valence-corrected chi connectivity index (χ3v) is 6.51. The number of thioether (sulfide) groups is 1. The molecule has 5 rings (SSSR count). The standard InChI is InChI=1S/C27H23N5O3S/c1-31(2)25(33)20-14-12-19(13-15-20)17-36-27-29-28-24(35-27)23-21-10-6-7-11-22(21)26(34)32(30-23)16-18-8-4-3-5-9-18/h3-15H,16-17H2,1-2H3. The molecule has 0 saturated carbocycles. The number of benzene rings is 3. The van der Waals surface area contributed by atoms with E-state index in [0.29, 0.717) is 39.6 Å². The zero-order valence-corrected chi connectivity index (χ0v) is 20.6. The van der Waals surface area contributed by atoms with Gasteiger partial charge in [-0.3, -0.25) is 9.59 Å². The van der Waals surface area contributed by atoms with Crippen molar-refractivity contribution in [1.29, 1.82) is 0 Å². The Labute approximate surface area is 211 Å². The number of rotatable bonds is 7. The van der Waals surface area contributed by atoms with Crippen LogP contribution in [-0.2, 0) is 12.3 Å². The highest BCUT2D eigenvalue weighted by Crippen LogP contribution is 2.28. The molecule has 0 unspecified atom stereocenters. The number of hydrogen-bond donors (Lipinski definition) is 0. The molecule has 8 nitrogen and oxygen atoms in total. The second kappa shape index (κ2) is 10.2. The SMILES string of the molecule is CN(C)C(=O)c1ccc(CSc2nnc(-c3nn(Cc4ccccc4)c(=O)c4ccccc34)o2)cc1. The average Bonchev–Trinajstić information content (AvgIpc) is 3.38. The summed E-state index contributed by atoms with van der Waals surface area (Å²) in [5.74, 6) is 0.811. The monoisotopic (exact) mass is 497 g/mol. The third kappa shape index (κ3) is 4.92. The highest BCUT2D eigenvalue weighted by molar-refractivity contribution is 7.98. The maximum atomic E-state index is 13.1. The Morgan fingerprint density at radius 1 is 0.889 bits per heavy atom. The van der Waals surface area contributed by atoms with Crippen LogP contribution in [0, 0.1) is 0 Å². The normalized spacial score (nSPS) is 11.1. The minimum absolute atomic E-state index is 0.0379. The van der Waals surface area contributed by atoms with Crippen LogP contribution in [0.15, 0.2) is 93.3 Å². The number of aromatic nitrogens is 4. The summed E-state index contributed by atoms with van der Waals surface area (Å²) >= 11 is 1.39. The lowest BCUT2D eigenvalue weighted by Gasteiger charge is -2.10. The second-order valence-corrected chi connectivity index (χ2v) is 9.33. The summed E-state index contributed by atoms with van der Waals surface area (Å²) in [7, 11) is 3.45. The molecule has 3 aromatic carbocycles. The highest BCUT2D eigenvalue weighted by Gasteiger charge is 2.18. The molecule has 0 radical (unpaired) electrons. The molecule has 0 atom stereocenters. The van der Waals surface area contributed by atoms with Crippen molar-refractivity contribution in [1.82, 2.24) is 24.9 Å². The summed E-state index contributed by atoms with van der Waals surface area (Å²) in [6.45, 7) is 0.333. The van der Waals surface area contributed by atoms with E-state index >= 15 is 0 Å². The van der Waals surface area contributed by atoms with Crippen molar-refractivity contribution >= 4 is 28.4 Å². The van der Waals surface area contributed by atoms with Crippen molar-refractivity contribution in [2.24, 2.45) is 0 Å². The van der Waals surface area contributed by atoms with Gasteiger partial charge in [0.2, 0.25) is 0 Å². The number of carbonyl (C=O) groups excluding carboxylic acids is 1. The van der Waals surface area contributed by atoms with Gasteiger partial charge in [0.25, 0.3) is 22.6 Å². The molecule has 0 fully saturated rings. The fraction of sp³-hybridized carbons (Fsp3) is 0.148. The minimum atomic E-state index is -0.177. The predicted octanol–water partition coefficient (Wildman–Crippen LogP) is 4.49. The molecule has 180 valence electrons. The summed E-state index contributed by atoms with van der Waals surface area (Å²) in [4.78, 5) is 26.7. The molecule has 0 aliphatic heterocycles. The van der Waals surface area contributed by atoms with Gasteiger partial charge in [-0.15, -0.1) is 10.2 Å². The van der Waals surface area contributed by atoms with Crippen molar-refractivity contribution in [2.75, 3.05) is 14.1 Å². The van der Waals surface area contributed by atoms with Gasteiger partial charge in [-0.2, -0.15) is 5.10 Å². The van der Waals surface area contributed by atoms with Crippen LogP contribution in [0.5, 0.6) is 0 Å². The molecule has 2 heterocycles. The molecule has 0 N–H and O–H groups in total. The van der Waals surface area contributed by atoms with Gasteiger partial charge in [-0.05, 0) is 29.3 Å². The first-order valence-corrected chi connectivity index (χ1v) is 12.3. The number of nitrogens with zero attached hydrogens (tertiary/aromatic N) is 5. The Morgan fingerprint density at radius 3 is 2.31 bits per heavy atom. The van der Waals surface area contributed by atoms with Crippen LogP contribution in [0.25, 0.3) is 22.4 Å². The van der Waals surface area contributed by atoms with Crippen LogP contribution in [0.1, 0.15) is 21.5 Å². The molecule has 36 heavy (non-hydrogen) atoms. The largest absolute Gasteiger partial charge is 0.409 e. The van der Waals surface area contributed by atoms with Crippen molar-refractivity contribution in [3.8, 4) is 11.6 Å². The van der Waals surface area contributed by atoms with E-state index in [2.05, 4.69) is 15.3 Å². The van der Waals surface area contributed by atoms with E-state index in [1.54, 1.807) is 25.1 Å². The van der Waals surface area contributed by atoms with Crippen molar-refractivity contribution in [3.05, 3.63) is 106 Å². The van der Waals surface area contributed by atoms with Crippen molar-refractivity contribution in [2.45, 2.75) is 17.5 Å². The third-order valence-electron chi connectivity index (χ3n) is 5.62. The second-order valence-electron chi connectivity index (χ2n) is 8.40. The van der Waals surface area contributed by atoms with E-state index in [4.69, 9.17) is 4.42 Å². The van der Waals surface area contributed by atoms with Crippen molar-refractivity contribution in [3.63, 3.8) is 0 Å². The predicted molar refractivity (Wildman–Crippen MR) is 139 cm³/mol. The van der Waals surface area contributed by atoms with E-state index in [1.807, 2.05) is 72.8 Å². The maximum absolute atomic E-state index is 13.1. The Kier molecular flexibility index (Phi) is 6.64. The van der Waals surface area contributed by atoms with E-state index in [1.165, 1.54) is 16.4 Å². The highest BCUT2D eigenvalue weighted by atomic mass is 32.2. The van der Waals surface area contributed by atoms with Gasteiger partial charge < -0.3 is 9.32 Å². The molecular formula is C27H23N5O3S. The number of fused-ring (bicyclic) bond motifs is 1.